The van der Waals surface area contributed by atoms with Gasteiger partial charge in [-0.25, -0.2) is 9.37 Å². The summed E-state index contributed by atoms with van der Waals surface area (Å²) in [6.07, 6.45) is 0. The van der Waals surface area contributed by atoms with Gasteiger partial charge in [0.25, 0.3) is 11.5 Å². The van der Waals surface area contributed by atoms with Crippen LogP contribution < -0.4 is 16.6 Å². The third-order valence-corrected chi connectivity index (χ3v) is 4.44. The lowest BCUT2D eigenvalue weighted by Gasteiger charge is -2.08. The molecule has 0 aliphatic heterocycles. The molecule has 0 spiro atoms. The Labute approximate surface area is 152 Å². The van der Waals surface area contributed by atoms with E-state index >= 15 is 0 Å². The third kappa shape index (κ3) is 4.09. The number of halogens is 1. The second-order valence-corrected chi connectivity index (χ2v) is 6.30. The number of nitrogens with zero attached hydrogens (tertiary/aromatic N) is 1. The van der Waals surface area contributed by atoms with Crippen molar-refractivity contribution in [3.8, 4) is 0 Å². The van der Waals surface area contributed by atoms with E-state index in [1.165, 1.54) is 6.07 Å². The number of nitrogens with two attached hydrogens (primary N) is 1. The average Bonchev–Trinajstić information content (AvgIpc) is 2.64. The zero-order chi connectivity index (χ0) is 18.5. The number of carbonyl (C=O) groups excluding carboxylic acids is 1. The third-order valence-electron chi connectivity index (χ3n) is 3.52. The summed E-state index contributed by atoms with van der Waals surface area (Å²) in [5.74, 6) is -0.613. The summed E-state index contributed by atoms with van der Waals surface area (Å²) in [7, 11) is 0. The Morgan fingerprint density at radius 1 is 1.15 bits per heavy atom. The molecule has 0 saturated carbocycles. The Morgan fingerprint density at radius 3 is 2.54 bits per heavy atom. The minimum atomic E-state index is -0.571. The van der Waals surface area contributed by atoms with Crippen LogP contribution in [0.15, 0.2) is 64.5 Å². The molecule has 0 saturated heterocycles. The molecule has 3 aromatic rings. The number of aromatic nitrogens is 2. The SMILES string of the molecule is Nc1nc(SCc2ccccc2F)[nH]c(=O)c1NC(=O)c1ccccc1. The van der Waals surface area contributed by atoms with Gasteiger partial charge in [-0.05, 0) is 23.8 Å². The van der Waals surface area contributed by atoms with Crippen LogP contribution in [-0.2, 0) is 5.75 Å². The summed E-state index contributed by atoms with van der Waals surface area (Å²) in [5, 5.41) is 2.71. The van der Waals surface area contributed by atoms with E-state index < -0.39 is 11.5 Å². The number of nitrogens with one attached hydrogen (secondary N) is 2. The lowest BCUT2D eigenvalue weighted by molar-refractivity contribution is 0.102. The molecule has 6 nitrogen and oxygen atoms in total. The van der Waals surface area contributed by atoms with Gasteiger partial charge in [0.1, 0.15) is 11.5 Å². The molecule has 1 heterocycles. The average molecular weight is 370 g/mol. The zero-order valence-electron chi connectivity index (χ0n) is 13.5. The van der Waals surface area contributed by atoms with Gasteiger partial charge in [-0.2, -0.15) is 0 Å². The Morgan fingerprint density at radius 2 is 1.85 bits per heavy atom. The van der Waals surface area contributed by atoms with Crippen LogP contribution in [0.5, 0.6) is 0 Å². The van der Waals surface area contributed by atoms with Crippen LogP contribution in [0.25, 0.3) is 0 Å². The van der Waals surface area contributed by atoms with Gasteiger partial charge in [0.15, 0.2) is 11.0 Å². The summed E-state index contributed by atoms with van der Waals surface area (Å²) < 4.78 is 13.6. The highest BCUT2D eigenvalue weighted by atomic mass is 32.2. The van der Waals surface area contributed by atoms with Crippen LogP contribution >= 0.6 is 11.8 Å². The standard InChI is InChI=1S/C18H15FN4O2S/c19-13-9-5-4-8-12(13)10-26-18-22-15(20)14(17(25)23-18)21-16(24)11-6-2-1-3-7-11/h1-9H,10H2,(H,21,24)(H3,20,22,23,25). The number of anilines is 2. The summed E-state index contributed by atoms with van der Waals surface area (Å²) in [4.78, 5) is 31.0. The minimum absolute atomic E-state index is 0.103. The van der Waals surface area contributed by atoms with E-state index in [4.69, 9.17) is 5.73 Å². The monoisotopic (exact) mass is 370 g/mol. The van der Waals surface area contributed by atoms with E-state index in [-0.39, 0.29) is 28.2 Å². The summed E-state index contributed by atoms with van der Waals surface area (Å²) in [6.45, 7) is 0. The van der Waals surface area contributed by atoms with Gasteiger partial charge in [0, 0.05) is 11.3 Å². The normalized spacial score (nSPS) is 10.5. The van der Waals surface area contributed by atoms with E-state index in [9.17, 15) is 14.0 Å². The molecule has 0 bridgehead atoms. The van der Waals surface area contributed by atoms with Crippen LogP contribution in [-0.4, -0.2) is 15.9 Å². The molecule has 2 aromatic carbocycles. The zero-order valence-corrected chi connectivity index (χ0v) is 14.3. The highest BCUT2D eigenvalue weighted by Gasteiger charge is 2.14. The fourth-order valence-electron chi connectivity index (χ4n) is 2.20. The van der Waals surface area contributed by atoms with Crippen molar-refractivity contribution in [2.24, 2.45) is 0 Å². The highest BCUT2D eigenvalue weighted by molar-refractivity contribution is 7.98. The molecular weight excluding hydrogens is 355 g/mol. The first-order valence-corrected chi connectivity index (χ1v) is 8.65. The van der Waals surface area contributed by atoms with E-state index in [1.54, 1.807) is 48.5 Å². The molecule has 0 unspecified atom stereocenters. The molecule has 0 aliphatic rings. The van der Waals surface area contributed by atoms with Gasteiger partial charge in [-0.3, -0.25) is 14.6 Å². The largest absolute Gasteiger partial charge is 0.382 e. The maximum absolute atomic E-state index is 13.6. The summed E-state index contributed by atoms with van der Waals surface area (Å²) >= 11 is 1.14. The minimum Gasteiger partial charge on any atom is -0.382 e. The van der Waals surface area contributed by atoms with Crippen molar-refractivity contribution in [2.45, 2.75) is 10.9 Å². The summed E-state index contributed by atoms with van der Waals surface area (Å²) in [6, 6.07) is 14.8. The predicted octanol–water partition coefficient (Wildman–Crippen LogP) is 3.04. The van der Waals surface area contributed by atoms with Crippen molar-refractivity contribution in [3.63, 3.8) is 0 Å². The van der Waals surface area contributed by atoms with E-state index in [0.29, 0.717) is 11.1 Å². The first kappa shape index (κ1) is 17.7. The molecule has 1 amide bonds. The topological polar surface area (TPSA) is 101 Å². The Hall–Kier alpha value is -3.13. The Kier molecular flexibility index (Phi) is 5.33. The second kappa shape index (κ2) is 7.83. The number of hydrogen-bond acceptors (Lipinski definition) is 5. The maximum Gasteiger partial charge on any atom is 0.277 e. The fourth-order valence-corrected chi connectivity index (χ4v) is 3.05. The smallest absolute Gasteiger partial charge is 0.277 e. The van der Waals surface area contributed by atoms with Crippen LogP contribution in [0.2, 0.25) is 0 Å². The van der Waals surface area contributed by atoms with Gasteiger partial charge in [0.05, 0.1) is 0 Å². The lowest BCUT2D eigenvalue weighted by Crippen LogP contribution is -2.23. The van der Waals surface area contributed by atoms with Crippen molar-refractivity contribution in [2.75, 3.05) is 11.1 Å². The molecule has 0 aliphatic carbocycles. The molecule has 132 valence electrons. The first-order valence-electron chi connectivity index (χ1n) is 7.67. The number of carbonyl (C=O) groups is 1. The van der Waals surface area contributed by atoms with Crippen LogP contribution in [0.1, 0.15) is 15.9 Å². The number of aromatic amines is 1. The molecule has 3 rings (SSSR count). The predicted molar refractivity (Wildman–Crippen MR) is 99.6 cm³/mol. The number of rotatable bonds is 5. The van der Waals surface area contributed by atoms with Crippen LogP contribution in [0, 0.1) is 5.82 Å². The second-order valence-electron chi connectivity index (χ2n) is 5.33. The van der Waals surface area contributed by atoms with Crippen molar-refractivity contribution >= 4 is 29.2 Å². The Bertz CT molecular complexity index is 992. The van der Waals surface area contributed by atoms with Gasteiger partial charge < -0.3 is 11.1 Å². The molecular formula is C18H15FN4O2S. The molecule has 26 heavy (non-hydrogen) atoms. The molecule has 0 fully saturated rings. The first-order chi connectivity index (χ1) is 12.5. The molecule has 1 aromatic heterocycles. The van der Waals surface area contributed by atoms with Crippen molar-refractivity contribution in [3.05, 3.63) is 81.9 Å². The van der Waals surface area contributed by atoms with Gasteiger partial charge in [-0.1, -0.05) is 48.2 Å². The number of nitrogen functional groups attached to an aromatic ring is 1. The molecule has 4 N–H and O–H groups in total. The maximum atomic E-state index is 13.6. The van der Waals surface area contributed by atoms with E-state index in [1.807, 2.05) is 0 Å². The van der Waals surface area contributed by atoms with Crippen molar-refractivity contribution < 1.29 is 9.18 Å². The van der Waals surface area contributed by atoms with Crippen molar-refractivity contribution in [1.29, 1.82) is 0 Å². The van der Waals surface area contributed by atoms with E-state index in [2.05, 4.69) is 15.3 Å². The summed E-state index contributed by atoms with van der Waals surface area (Å²) in [5.41, 5.74) is 6.01. The van der Waals surface area contributed by atoms with Gasteiger partial charge in [0.2, 0.25) is 0 Å². The fraction of sp³-hybridized carbons (Fsp3) is 0.0556. The number of hydrogen-bond donors (Lipinski definition) is 3. The number of H-pyrrole nitrogens is 1. The highest BCUT2D eigenvalue weighted by Crippen LogP contribution is 2.22. The van der Waals surface area contributed by atoms with E-state index in [0.717, 1.165) is 11.8 Å². The molecule has 0 radical (unpaired) electrons. The van der Waals surface area contributed by atoms with Crippen LogP contribution in [0.3, 0.4) is 0 Å². The molecule has 8 heteroatoms. The van der Waals surface area contributed by atoms with Crippen molar-refractivity contribution in [1.82, 2.24) is 9.97 Å². The Balaban J connectivity index is 1.75. The molecule has 0 atom stereocenters. The lowest BCUT2D eigenvalue weighted by atomic mass is 10.2. The number of thioether (sulfide) groups is 1. The number of amides is 1. The van der Waals surface area contributed by atoms with Gasteiger partial charge >= 0.3 is 0 Å². The van der Waals surface area contributed by atoms with Crippen LogP contribution in [0.4, 0.5) is 15.9 Å². The number of benzene rings is 2. The quantitative estimate of drug-likeness (QED) is 0.473. The van der Waals surface area contributed by atoms with Gasteiger partial charge in [-0.15, -0.1) is 0 Å².